The molecule has 0 saturated heterocycles. The average Bonchev–Trinajstić information content (AvgIpc) is 3.20. The van der Waals surface area contributed by atoms with Gasteiger partial charge in [-0.05, 0) is 47.9 Å². The van der Waals surface area contributed by atoms with E-state index in [4.69, 9.17) is 4.42 Å². The number of aromatic nitrogens is 1. The van der Waals surface area contributed by atoms with E-state index in [1.54, 1.807) is 24.3 Å². The molecular formula is C23H18F3N3O4. The molecule has 170 valence electrons. The maximum absolute atomic E-state index is 12.4. The quantitative estimate of drug-likeness (QED) is 0.243. The Morgan fingerprint density at radius 1 is 1.06 bits per heavy atom. The zero-order valence-electron chi connectivity index (χ0n) is 17.3. The highest BCUT2D eigenvalue weighted by atomic mass is 19.4. The number of oxazole rings is 1. The Labute approximate surface area is 186 Å². The molecule has 0 aliphatic heterocycles. The van der Waals surface area contributed by atoms with Crippen LogP contribution in [0, 0.1) is 10.1 Å². The monoisotopic (exact) mass is 457 g/mol. The molecule has 0 unspecified atom stereocenters. The van der Waals surface area contributed by atoms with Crippen molar-refractivity contribution in [3.8, 4) is 28.3 Å². The third-order valence-electron chi connectivity index (χ3n) is 4.82. The second kappa shape index (κ2) is 8.81. The van der Waals surface area contributed by atoms with Crippen LogP contribution in [-0.4, -0.2) is 22.8 Å². The Morgan fingerprint density at radius 2 is 1.79 bits per heavy atom. The van der Waals surface area contributed by atoms with E-state index in [1.807, 2.05) is 6.92 Å². The van der Waals surface area contributed by atoms with Gasteiger partial charge in [-0.1, -0.05) is 25.1 Å². The molecule has 1 N–H and O–H groups in total. The predicted octanol–water partition coefficient (Wildman–Crippen LogP) is 6.79. The van der Waals surface area contributed by atoms with Gasteiger partial charge in [0, 0.05) is 24.4 Å². The van der Waals surface area contributed by atoms with E-state index in [9.17, 15) is 23.3 Å². The lowest BCUT2D eigenvalue weighted by atomic mass is 10.1. The molecule has 3 aromatic carbocycles. The minimum absolute atomic E-state index is 0.0869. The van der Waals surface area contributed by atoms with Crippen molar-refractivity contribution in [2.24, 2.45) is 0 Å². The molecule has 0 radical (unpaired) electrons. The number of anilines is 1. The Bertz CT molecular complexity index is 1300. The average molecular weight is 457 g/mol. The Kier molecular flexibility index (Phi) is 5.91. The molecule has 0 aliphatic rings. The van der Waals surface area contributed by atoms with Gasteiger partial charge in [0.25, 0.3) is 5.69 Å². The normalized spacial score (nSPS) is 11.5. The van der Waals surface area contributed by atoms with E-state index in [2.05, 4.69) is 15.0 Å². The van der Waals surface area contributed by atoms with Crippen LogP contribution in [0.2, 0.25) is 0 Å². The Balaban J connectivity index is 1.69. The molecule has 0 bridgehead atoms. The van der Waals surface area contributed by atoms with Gasteiger partial charge in [0.1, 0.15) is 11.3 Å². The van der Waals surface area contributed by atoms with E-state index >= 15 is 0 Å². The van der Waals surface area contributed by atoms with Crippen LogP contribution in [0.4, 0.5) is 24.5 Å². The van der Waals surface area contributed by atoms with Crippen molar-refractivity contribution in [2.75, 3.05) is 11.9 Å². The summed E-state index contributed by atoms with van der Waals surface area (Å²) in [5.41, 5.74) is 3.39. The summed E-state index contributed by atoms with van der Waals surface area (Å²) in [7, 11) is 0. The van der Waals surface area contributed by atoms with Gasteiger partial charge in [0.2, 0.25) is 5.89 Å². The van der Waals surface area contributed by atoms with E-state index in [0.29, 0.717) is 40.0 Å². The number of nitro groups is 1. The van der Waals surface area contributed by atoms with Crippen molar-refractivity contribution < 1.29 is 27.2 Å². The lowest BCUT2D eigenvalue weighted by Gasteiger charge is -2.09. The number of hydrogen-bond donors (Lipinski definition) is 1. The first-order valence-electron chi connectivity index (χ1n) is 10.0. The summed E-state index contributed by atoms with van der Waals surface area (Å²) in [5, 5.41) is 14.5. The van der Waals surface area contributed by atoms with Crippen molar-refractivity contribution in [1.29, 1.82) is 0 Å². The minimum Gasteiger partial charge on any atom is -0.436 e. The lowest BCUT2D eigenvalue weighted by Crippen LogP contribution is -2.16. The van der Waals surface area contributed by atoms with Crippen LogP contribution in [0.1, 0.15) is 13.3 Å². The molecule has 33 heavy (non-hydrogen) atoms. The fourth-order valence-electron chi connectivity index (χ4n) is 3.31. The van der Waals surface area contributed by atoms with Crippen molar-refractivity contribution >= 4 is 22.5 Å². The molecule has 0 aliphatic carbocycles. The van der Waals surface area contributed by atoms with Crippen molar-refractivity contribution in [1.82, 2.24) is 4.98 Å². The van der Waals surface area contributed by atoms with Gasteiger partial charge < -0.3 is 14.5 Å². The molecule has 0 atom stereocenters. The second-order valence-electron chi connectivity index (χ2n) is 7.19. The standard InChI is InChI=1S/C23H18F3N3O4/c1-2-11-27-19-9-6-16(29(30)31)13-18(19)22-28-20-12-15(5-10-21(20)32-22)14-3-7-17(8-4-14)33-23(24,25)26/h3-10,12-13,27H,2,11H2,1H3. The van der Waals surface area contributed by atoms with Gasteiger partial charge in [-0.15, -0.1) is 13.2 Å². The molecule has 4 rings (SSSR count). The van der Waals surface area contributed by atoms with Crippen LogP contribution in [0.15, 0.2) is 65.1 Å². The fourth-order valence-corrected chi connectivity index (χ4v) is 3.31. The van der Waals surface area contributed by atoms with E-state index < -0.39 is 11.3 Å². The number of nitro benzene ring substituents is 1. The zero-order valence-corrected chi connectivity index (χ0v) is 17.3. The summed E-state index contributed by atoms with van der Waals surface area (Å²) in [6.07, 6.45) is -3.89. The smallest absolute Gasteiger partial charge is 0.436 e. The summed E-state index contributed by atoms with van der Waals surface area (Å²) in [4.78, 5) is 15.3. The van der Waals surface area contributed by atoms with Crippen LogP contribution in [0.5, 0.6) is 5.75 Å². The largest absolute Gasteiger partial charge is 0.573 e. The van der Waals surface area contributed by atoms with Crippen molar-refractivity contribution in [2.45, 2.75) is 19.7 Å². The molecule has 0 saturated carbocycles. The summed E-state index contributed by atoms with van der Waals surface area (Å²) in [6, 6.07) is 15.1. The highest BCUT2D eigenvalue weighted by molar-refractivity contribution is 5.85. The van der Waals surface area contributed by atoms with Gasteiger partial charge in [0.15, 0.2) is 5.58 Å². The van der Waals surface area contributed by atoms with E-state index in [1.165, 1.54) is 36.4 Å². The Morgan fingerprint density at radius 3 is 2.45 bits per heavy atom. The van der Waals surface area contributed by atoms with E-state index in [-0.39, 0.29) is 17.3 Å². The lowest BCUT2D eigenvalue weighted by molar-refractivity contribution is -0.384. The summed E-state index contributed by atoms with van der Waals surface area (Å²) in [5.74, 6) is -0.0905. The number of nitrogens with zero attached hydrogens (tertiary/aromatic N) is 2. The van der Waals surface area contributed by atoms with Crippen LogP contribution >= 0.6 is 0 Å². The van der Waals surface area contributed by atoms with Gasteiger partial charge in [0.05, 0.1) is 10.5 Å². The van der Waals surface area contributed by atoms with Crippen LogP contribution in [0.3, 0.4) is 0 Å². The fraction of sp³-hybridized carbons (Fsp3) is 0.174. The molecule has 0 amide bonds. The molecular weight excluding hydrogens is 439 g/mol. The molecule has 0 spiro atoms. The molecule has 10 heteroatoms. The topological polar surface area (TPSA) is 90.4 Å². The first kappa shape index (κ1) is 22.1. The number of rotatable bonds is 7. The van der Waals surface area contributed by atoms with Crippen LogP contribution in [-0.2, 0) is 0 Å². The molecule has 4 aromatic rings. The van der Waals surface area contributed by atoms with E-state index in [0.717, 1.165) is 6.42 Å². The number of alkyl halides is 3. The number of nitrogens with one attached hydrogen (secondary N) is 1. The maximum Gasteiger partial charge on any atom is 0.573 e. The van der Waals surface area contributed by atoms with Crippen LogP contribution in [0.25, 0.3) is 33.7 Å². The zero-order chi connectivity index (χ0) is 23.6. The summed E-state index contributed by atoms with van der Waals surface area (Å²) in [6.45, 7) is 2.67. The Hall–Kier alpha value is -4.08. The molecule has 0 fully saturated rings. The number of hydrogen-bond acceptors (Lipinski definition) is 6. The number of benzene rings is 3. The summed E-state index contributed by atoms with van der Waals surface area (Å²) < 4.78 is 46.9. The summed E-state index contributed by atoms with van der Waals surface area (Å²) >= 11 is 0. The number of halogens is 3. The van der Waals surface area contributed by atoms with Crippen molar-refractivity contribution in [3.63, 3.8) is 0 Å². The number of ether oxygens (including phenoxy) is 1. The highest BCUT2D eigenvalue weighted by Crippen LogP contribution is 2.35. The SMILES string of the molecule is CCCNc1ccc([N+](=O)[O-])cc1-c1nc2cc(-c3ccc(OC(F)(F)F)cc3)ccc2o1. The molecule has 1 aromatic heterocycles. The molecule has 1 heterocycles. The van der Waals surface area contributed by atoms with Gasteiger partial charge >= 0.3 is 6.36 Å². The third-order valence-corrected chi connectivity index (χ3v) is 4.82. The third kappa shape index (κ3) is 5.05. The minimum atomic E-state index is -4.76. The van der Waals surface area contributed by atoms with Gasteiger partial charge in [-0.2, -0.15) is 0 Å². The second-order valence-corrected chi connectivity index (χ2v) is 7.19. The number of fused-ring (bicyclic) bond motifs is 1. The predicted molar refractivity (Wildman–Crippen MR) is 117 cm³/mol. The maximum atomic E-state index is 12.4. The first-order valence-corrected chi connectivity index (χ1v) is 10.0. The highest BCUT2D eigenvalue weighted by Gasteiger charge is 2.31. The van der Waals surface area contributed by atoms with Crippen LogP contribution < -0.4 is 10.1 Å². The van der Waals surface area contributed by atoms with Gasteiger partial charge in [-0.25, -0.2) is 4.98 Å². The van der Waals surface area contributed by atoms with Crippen molar-refractivity contribution in [3.05, 3.63) is 70.8 Å². The number of non-ortho nitro benzene ring substituents is 1. The first-order chi connectivity index (χ1) is 15.7. The molecule has 7 nitrogen and oxygen atoms in total. The van der Waals surface area contributed by atoms with Gasteiger partial charge in [-0.3, -0.25) is 10.1 Å².